The fourth-order valence-electron chi connectivity index (χ4n) is 7.79. The predicted octanol–water partition coefficient (Wildman–Crippen LogP) is 7.53. The second-order valence-corrected chi connectivity index (χ2v) is 14.5. The van der Waals surface area contributed by atoms with Crippen molar-refractivity contribution in [3.05, 3.63) is 142 Å². The lowest BCUT2D eigenvalue weighted by molar-refractivity contribution is 0.506. The van der Waals surface area contributed by atoms with Gasteiger partial charge in [0.1, 0.15) is 0 Å². The Hall–Kier alpha value is -6.02. The molecule has 8 bridgehead atoms. The summed E-state index contributed by atoms with van der Waals surface area (Å²) in [5.41, 5.74) is 17.6. The van der Waals surface area contributed by atoms with E-state index in [2.05, 4.69) is 168 Å². The van der Waals surface area contributed by atoms with Gasteiger partial charge in [-0.2, -0.15) is 0 Å². The number of aromatic amines is 2. The van der Waals surface area contributed by atoms with Crippen molar-refractivity contribution >= 4 is 57.6 Å². The zero-order chi connectivity index (χ0) is 35.3. The number of fused-ring (bicyclic) bond motifs is 8. The van der Waals surface area contributed by atoms with Crippen molar-refractivity contribution in [1.82, 2.24) is 39.5 Å². The minimum absolute atomic E-state index is 0.836. The van der Waals surface area contributed by atoms with Crippen LogP contribution in [0.1, 0.15) is 56.4 Å². The summed E-state index contributed by atoms with van der Waals surface area (Å²) in [5, 5.41) is 0. The molecular formula is C44H44N8. The zero-order valence-corrected chi connectivity index (χ0v) is 30.3. The molecule has 2 N–H and O–H groups in total. The highest BCUT2D eigenvalue weighted by Gasteiger charge is 2.24. The standard InChI is InChI=1S/C44H44N8/c1-49-21-13-29(14-22-49)41-33-5-7-35(45-33)42(30-15-23-50(2)24-16-30)37-9-11-39(47-37)44(32-19-27-52(4)28-20-32)40-12-10-38(48-40)43(36-8-6-34(41)46-36)31-17-25-51(3)26-18-31/h5-9,11,13-21,23,25,27,45,48H,10,12,22,24,26,28H2,1-4H3. The molecule has 2 aromatic rings. The molecule has 0 fully saturated rings. The third-order valence-electron chi connectivity index (χ3n) is 10.6. The first-order valence-corrected chi connectivity index (χ1v) is 18.2. The maximum atomic E-state index is 5.47. The van der Waals surface area contributed by atoms with Gasteiger partial charge in [-0.05, 0) is 121 Å². The highest BCUT2D eigenvalue weighted by Crippen LogP contribution is 2.37. The normalized spacial score (nSPS) is 18.5. The summed E-state index contributed by atoms with van der Waals surface area (Å²) >= 11 is 0. The molecule has 0 saturated heterocycles. The van der Waals surface area contributed by atoms with Crippen molar-refractivity contribution in [2.24, 2.45) is 0 Å². The van der Waals surface area contributed by atoms with Crippen LogP contribution in [-0.2, 0) is 12.8 Å². The third-order valence-corrected chi connectivity index (χ3v) is 10.6. The maximum Gasteiger partial charge on any atom is 0.0737 e. The van der Waals surface area contributed by atoms with Crippen molar-refractivity contribution in [3.8, 4) is 0 Å². The van der Waals surface area contributed by atoms with E-state index < -0.39 is 0 Å². The number of nitrogens with zero attached hydrogens (tertiary/aromatic N) is 6. The molecule has 9 heterocycles. The summed E-state index contributed by atoms with van der Waals surface area (Å²) in [4.78, 5) is 27.6. The van der Waals surface area contributed by atoms with Gasteiger partial charge in [0, 0.05) is 99.0 Å². The number of nitrogens with one attached hydrogen (secondary N) is 2. The lowest BCUT2D eigenvalue weighted by Gasteiger charge is -2.19. The molecule has 0 saturated carbocycles. The Labute approximate surface area is 305 Å². The molecule has 8 heteroatoms. The average Bonchev–Trinajstić information content (AvgIpc) is 3.99. The first-order valence-electron chi connectivity index (χ1n) is 18.2. The van der Waals surface area contributed by atoms with Crippen LogP contribution in [0.5, 0.6) is 0 Å². The number of aryl methyl sites for hydroxylation is 2. The van der Waals surface area contributed by atoms with Crippen LogP contribution in [0.25, 0.3) is 57.6 Å². The lowest BCUT2D eigenvalue weighted by atomic mass is 9.97. The van der Waals surface area contributed by atoms with E-state index >= 15 is 0 Å². The molecule has 0 aliphatic carbocycles. The summed E-state index contributed by atoms with van der Waals surface area (Å²) in [6.07, 6.45) is 37.3. The van der Waals surface area contributed by atoms with Crippen LogP contribution in [0.2, 0.25) is 0 Å². The van der Waals surface area contributed by atoms with Crippen LogP contribution in [0, 0.1) is 0 Å². The highest BCUT2D eigenvalue weighted by molar-refractivity contribution is 5.96. The summed E-state index contributed by atoms with van der Waals surface area (Å²) < 4.78 is 0. The molecule has 2 aromatic heterocycles. The van der Waals surface area contributed by atoms with Crippen LogP contribution >= 0.6 is 0 Å². The number of hydrogen-bond acceptors (Lipinski definition) is 6. The van der Waals surface area contributed by atoms with Gasteiger partial charge in [-0.3, -0.25) is 0 Å². The van der Waals surface area contributed by atoms with Gasteiger partial charge in [0.2, 0.25) is 0 Å². The van der Waals surface area contributed by atoms with Crippen LogP contribution < -0.4 is 0 Å². The van der Waals surface area contributed by atoms with E-state index in [9.17, 15) is 0 Å². The zero-order valence-electron chi connectivity index (χ0n) is 30.3. The molecule has 7 aliphatic rings. The smallest absolute Gasteiger partial charge is 0.0737 e. The van der Waals surface area contributed by atoms with Gasteiger partial charge in [0.15, 0.2) is 0 Å². The lowest BCUT2D eigenvalue weighted by Crippen LogP contribution is -2.14. The Morgan fingerprint density at radius 2 is 0.750 bits per heavy atom. The summed E-state index contributed by atoms with van der Waals surface area (Å²) in [7, 11) is 8.44. The summed E-state index contributed by atoms with van der Waals surface area (Å²) in [6, 6.07) is 4.42. The van der Waals surface area contributed by atoms with E-state index in [4.69, 9.17) is 9.97 Å². The fourth-order valence-corrected chi connectivity index (χ4v) is 7.79. The molecule has 0 spiro atoms. The van der Waals surface area contributed by atoms with Crippen molar-refractivity contribution in [2.45, 2.75) is 12.8 Å². The average molecular weight is 685 g/mol. The molecule has 8 nitrogen and oxygen atoms in total. The number of aromatic nitrogens is 4. The van der Waals surface area contributed by atoms with Gasteiger partial charge in [0.05, 0.1) is 22.8 Å². The Balaban J connectivity index is 1.41. The maximum absolute atomic E-state index is 5.47. The molecule has 0 aromatic carbocycles. The largest absolute Gasteiger partial charge is 0.377 e. The SMILES string of the molecule is CN1C=CC(c2c3nc(c(C4=CCN(C)C=C4)c4ccc([nH]4)c(C4=CCN(C)C=C4)c4nc(c(C5=CCN(C)C=C5)c5[nH]c2CC5)C=C4)C=C3)=CC1. The molecule has 0 atom stereocenters. The van der Waals surface area contributed by atoms with Crippen molar-refractivity contribution in [3.63, 3.8) is 0 Å². The van der Waals surface area contributed by atoms with Gasteiger partial charge < -0.3 is 29.6 Å². The molecule has 52 heavy (non-hydrogen) atoms. The first kappa shape index (κ1) is 31.9. The monoisotopic (exact) mass is 684 g/mol. The van der Waals surface area contributed by atoms with E-state index in [0.717, 1.165) is 106 Å². The van der Waals surface area contributed by atoms with Gasteiger partial charge in [-0.1, -0.05) is 24.3 Å². The summed E-state index contributed by atoms with van der Waals surface area (Å²) in [6.45, 7) is 3.38. The van der Waals surface area contributed by atoms with Gasteiger partial charge in [0.25, 0.3) is 0 Å². The van der Waals surface area contributed by atoms with Crippen molar-refractivity contribution < 1.29 is 0 Å². The Morgan fingerprint density at radius 1 is 0.423 bits per heavy atom. The quantitative estimate of drug-likeness (QED) is 0.232. The Bertz CT molecular complexity index is 2220. The van der Waals surface area contributed by atoms with Gasteiger partial charge in [-0.25, -0.2) is 9.97 Å². The van der Waals surface area contributed by atoms with Gasteiger partial charge >= 0.3 is 0 Å². The molecule has 0 amide bonds. The minimum atomic E-state index is 0.836. The predicted molar refractivity (Wildman–Crippen MR) is 217 cm³/mol. The number of hydrogen-bond donors (Lipinski definition) is 2. The Kier molecular flexibility index (Phi) is 7.95. The Morgan fingerprint density at radius 3 is 1.08 bits per heavy atom. The second kappa shape index (κ2) is 12.9. The number of rotatable bonds is 4. The highest BCUT2D eigenvalue weighted by atomic mass is 15.1. The van der Waals surface area contributed by atoms with E-state index in [0.29, 0.717) is 0 Å². The van der Waals surface area contributed by atoms with Crippen LogP contribution in [0.15, 0.2) is 85.5 Å². The molecule has 0 radical (unpaired) electrons. The molecular weight excluding hydrogens is 641 g/mol. The number of allylic oxidation sites excluding steroid dienone is 8. The summed E-state index contributed by atoms with van der Waals surface area (Å²) in [5.74, 6) is 0. The van der Waals surface area contributed by atoms with Crippen LogP contribution in [0.4, 0.5) is 0 Å². The van der Waals surface area contributed by atoms with Gasteiger partial charge in [-0.15, -0.1) is 0 Å². The third kappa shape index (κ3) is 5.84. The number of likely N-dealkylation sites (N-methyl/N-ethyl adjacent to an activating group) is 4. The van der Waals surface area contributed by atoms with E-state index in [1.165, 1.54) is 22.5 Å². The molecule has 7 aliphatic heterocycles. The molecule has 0 unspecified atom stereocenters. The fraction of sp³-hybridized carbons (Fsp3) is 0.227. The van der Waals surface area contributed by atoms with Crippen molar-refractivity contribution in [2.75, 3.05) is 54.4 Å². The first-order chi connectivity index (χ1) is 25.4. The number of H-pyrrole nitrogens is 2. The van der Waals surface area contributed by atoms with Crippen LogP contribution in [-0.4, -0.2) is 93.9 Å². The second-order valence-electron chi connectivity index (χ2n) is 14.5. The van der Waals surface area contributed by atoms with E-state index in [1.54, 1.807) is 0 Å². The molecule has 260 valence electrons. The van der Waals surface area contributed by atoms with Crippen LogP contribution in [0.3, 0.4) is 0 Å². The van der Waals surface area contributed by atoms with Crippen molar-refractivity contribution in [1.29, 1.82) is 0 Å². The minimum Gasteiger partial charge on any atom is -0.377 e. The van der Waals surface area contributed by atoms with E-state index in [1.807, 2.05) is 0 Å². The molecule has 9 rings (SSSR count). The topological polar surface area (TPSA) is 70.3 Å². The van der Waals surface area contributed by atoms with E-state index in [-0.39, 0.29) is 0 Å².